The van der Waals surface area contributed by atoms with Crippen molar-refractivity contribution in [2.45, 2.75) is 94.1 Å². The molecule has 0 unspecified atom stereocenters. The highest BCUT2D eigenvalue weighted by molar-refractivity contribution is 7.99. The second-order valence-electron chi connectivity index (χ2n) is 10.3. The Bertz CT molecular complexity index is 1010. The van der Waals surface area contributed by atoms with Crippen LogP contribution in [-0.4, -0.2) is 42.8 Å². The quantitative estimate of drug-likeness (QED) is 0.238. The van der Waals surface area contributed by atoms with Crippen molar-refractivity contribution in [2.24, 2.45) is 0 Å². The van der Waals surface area contributed by atoms with E-state index in [9.17, 15) is 9.90 Å². The van der Waals surface area contributed by atoms with Gasteiger partial charge in [0, 0.05) is 17.0 Å². The summed E-state index contributed by atoms with van der Waals surface area (Å²) < 4.78 is 16.3. The molecule has 2 rings (SSSR count). The average molecular weight is 552 g/mol. The molecular formula is C29H42ClNO5S. The third-order valence-electron chi connectivity index (χ3n) is 5.80. The van der Waals surface area contributed by atoms with Gasteiger partial charge in [-0.25, -0.2) is 4.79 Å². The van der Waals surface area contributed by atoms with Gasteiger partial charge in [-0.1, -0.05) is 62.2 Å². The molecule has 0 heterocycles. The van der Waals surface area contributed by atoms with E-state index in [0.717, 1.165) is 40.4 Å². The first-order valence-corrected chi connectivity index (χ1v) is 14.1. The topological polar surface area (TPSA) is 77.0 Å². The van der Waals surface area contributed by atoms with Crippen LogP contribution < -0.4 is 10.1 Å². The lowest BCUT2D eigenvalue weighted by molar-refractivity contribution is 0.0373. The summed E-state index contributed by atoms with van der Waals surface area (Å²) in [5, 5.41) is 13.8. The van der Waals surface area contributed by atoms with Gasteiger partial charge in [0.15, 0.2) is 6.79 Å². The fraction of sp³-hybridized carbons (Fsp3) is 0.552. The van der Waals surface area contributed by atoms with Gasteiger partial charge in [0.05, 0.1) is 17.0 Å². The van der Waals surface area contributed by atoms with Crippen LogP contribution in [0.3, 0.4) is 0 Å². The van der Waals surface area contributed by atoms with Crippen molar-refractivity contribution in [2.75, 3.05) is 20.5 Å². The van der Waals surface area contributed by atoms with E-state index in [1.807, 2.05) is 52.0 Å². The number of hydrogen-bond acceptors (Lipinski definition) is 6. The summed E-state index contributed by atoms with van der Waals surface area (Å²) >= 11 is 8.30. The number of carbonyl (C=O) groups is 1. The first kappa shape index (κ1) is 31.3. The van der Waals surface area contributed by atoms with Gasteiger partial charge >= 0.3 is 6.09 Å². The molecule has 0 aromatic heterocycles. The van der Waals surface area contributed by atoms with Crippen molar-refractivity contribution in [3.63, 3.8) is 0 Å². The predicted octanol–water partition coefficient (Wildman–Crippen LogP) is 7.41. The Labute approximate surface area is 231 Å². The number of hydrogen-bond donors (Lipinski definition) is 2. The lowest BCUT2D eigenvalue weighted by Gasteiger charge is -2.34. The SMILES string of the molecule is CCCc1ccc(OCOC)c(Sc2ccc(CC[C@](CO)(CCC)NC(=O)OC(C)(C)C)c(Cl)c2)c1. The highest BCUT2D eigenvalue weighted by atomic mass is 35.5. The third-order valence-corrected chi connectivity index (χ3v) is 7.18. The third kappa shape index (κ3) is 10.4. The summed E-state index contributed by atoms with van der Waals surface area (Å²) in [5.41, 5.74) is 0.827. The molecule has 2 N–H and O–H groups in total. The number of benzene rings is 2. The number of aliphatic hydroxyl groups excluding tert-OH is 1. The summed E-state index contributed by atoms with van der Waals surface area (Å²) in [5.74, 6) is 0.771. The van der Waals surface area contributed by atoms with Crippen molar-refractivity contribution in [3.05, 3.63) is 52.5 Å². The van der Waals surface area contributed by atoms with Crippen LogP contribution in [0.15, 0.2) is 46.2 Å². The maximum absolute atomic E-state index is 12.5. The Morgan fingerprint density at radius 1 is 1.05 bits per heavy atom. The second kappa shape index (κ2) is 14.9. The van der Waals surface area contributed by atoms with E-state index in [4.69, 9.17) is 25.8 Å². The molecule has 37 heavy (non-hydrogen) atoms. The molecule has 6 nitrogen and oxygen atoms in total. The number of nitrogens with one attached hydrogen (secondary N) is 1. The molecule has 0 radical (unpaired) electrons. The summed E-state index contributed by atoms with van der Waals surface area (Å²) in [6, 6.07) is 12.2. The number of carbonyl (C=O) groups excluding carboxylic acids is 1. The van der Waals surface area contributed by atoms with Crippen LogP contribution in [0.2, 0.25) is 5.02 Å². The molecule has 0 bridgehead atoms. The Morgan fingerprint density at radius 3 is 2.41 bits per heavy atom. The molecule has 8 heteroatoms. The molecule has 2 aromatic rings. The van der Waals surface area contributed by atoms with E-state index >= 15 is 0 Å². The minimum absolute atomic E-state index is 0.177. The van der Waals surface area contributed by atoms with E-state index in [2.05, 4.69) is 24.4 Å². The lowest BCUT2D eigenvalue weighted by Crippen LogP contribution is -2.53. The molecule has 206 valence electrons. The fourth-order valence-electron chi connectivity index (χ4n) is 4.06. The molecule has 0 aliphatic heterocycles. The van der Waals surface area contributed by atoms with Gasteiger partial charge in [0.25, 0.3) is 0 Å². The van der Waals surface area contributed by atoms with Gasteiger partial charge in [-0.2, -0.15) is 0 Å². The number of aryl methyl sites for hydroxylation is 2. The highest BCUT2D eigenvalue weighted by Crippen LogP contribution is 2.38. The number of methoxy groups -OCH3 is 1. The molecule has 0 fully saturated rings. The standard InChI is InChI=1S/C29H42ClNO5S/c1-7-9-21-10-13-25(35-20-34-6)26(17-21)37-23-12-11-22(24(30)18-23)14-16-29(19-32,15-8-2)31-27(33)36-28(3,4)5/h10-13,17-18,32H,7-9,14-16,19-20H2,1-6H3,(H,31,33)/t29-/m0/s1. The number of aliphatic hydroxyl groups is 1. The van der Waals surface area contributed by atoms with Crippen LogP contribution in [-0.2, 0) is 22.3 Å². The molecule has 0 aliphatic carbocycles. The van der Waals surface area contributed by atoms with E-state index in [1.165, 1.54) is 5.56 Å². The van der Waals surface area contributed by atoms with Gasteiger partial charge in [0.2, 0.25) is 0 Å². The molecule has 2 aromatic carbocycles. The van der Waals surface area contributed by atoms with Crippen LogP contribution in [0.5, 0.6) is 5.75 Å². The van der Waals surface area contributed by atoms with Gasteiger partial charge in [-0.15, -0.1) is 0 Å². The Balaban J connectivity index is 2.17. The maximum Gasteiger partial charge on any atom is 0.408 e. The first-order valence-electron chi connectivity index (χ1n) is 12.9. The maximum atomic E-state index is 12.5. The normalized spacial score (nSPS) is 13.2. The number of alkyl carbamates (subject to hydrolysis) is 1. The van der Waals surface area contributed by atoms with Crippen LogP contribution in [0, 0.1) is 0 Å². The molecular weight excluding hydrogens is 510 g/mol. The van der Waals surface area contributed by atoms with E-state index < -0.39 is 17.2 Å². The van der Waals surface area contributed by atoms with E-state index in [-0.39, 0.29) is 13.4 Å². The number of halogens is 1. The Morgan fingerprint density at radius 2 is 1.81 bits per heavy atom. The zero-order valence-corrected chi connectivity index (χ0v) is 24.6. The smallest absolute Gasteiger partial charge is 0.408 e. The second-order valence-corrected chi connectivity index (χ2v) is 11.8. The fourth-order valence-corrected chi connectivity index (χ4v) is 5.40. The van der Waals surface area contributed by atoms with Crippen molar-refractivity contribution in [1.29, 1.82) is 0 Å². The van der Waals surface area contributed by atoms with Gasteiger partial charge in [0.1, 0.15) is 11.4 Å². The Hall–Kier alpha value is -1.93. The van der Waals surface area contributed by atoms with Crippen molar-refractivity contribution < 1.29 is 24.1 Å². The van der Waals surface area contributed by atoms with Crippen LogP contribution in [0.25, 0.3) is 0 Å². The van der Waals surface area contributed by atoms with Gasteiger partial charge in [-0.05, 0) is 81.8 Å². The summed E-state index contributed by atoms with van der Waals surface area (Å²) in [6.45, 7) is 9.65. The molecule has 0 aliphatic rings. The zero-order chi connectivity index (χ0) is 27.5. The van der Waals surface area contributed by atoms with Crippen LogP contribution >= 0.6 is 23.4 Å². The monoisotopic (exact) mass is 551 g/mol. The summed E-state index contributed by atoms with van der Waals surface area (Å²) in [7, 11) is 1.60. The number of ether oxygens (including phenoxy) is 3. The van der Waals surface area contributed by atoms with Gasteiger partial charge in [-0.3, -0.25) is 0 Å². The molecule has 0 saturated carbocycles. The van der Waals surface area contributed by atoms with Crippen molar-refractivity contribution >= 4 is 29.5 Å². The van der Waals surface area contributed by atoms with Gasteiger partial charge < -0.3 is 24.6 Å². The van der Waals surface area contributed by atoms with Crippen molar-refractivity contribution in [1.82, 2.24) is 5.32 Å². The minimum atomic E-state index is -0.777. The lowest BCUT2D eigenvalue weighted by atomic mass is 9.87. The summed E-state index contributed by atoms with van der Waals surface area (Å²) in [6.07, 6.45) is 4.13. The highest BCUT2D eigenvalue weighted by Gasteiger charge is 2.32. The molecule has 1 amide bonds. The number of amides is 1. The minimum Gasteiger partial charge on any atom is -0.466 e. The molecule has 0 saturated heterocycles. The molecule has 1 atom stereocenters. The Kier molecular flexibility index (Phi) is 12.6. The van der Waals surface area contributed by atoms with Crippen LogP contribution in [0.1, 0.15) is 71.4 Å². The first-order chi connectivity index (χ1) is 17.5. The molecule has 0 spiro atoms. The number of rotatable bonds is 14. The largest absolute Gasteiger partial charge is 0.466 e. The van der Waals surface area contributed by atoms with E-state index in [1.54, 1.807) is 18.9 Å². The summed E-state index contributed by atoms with van der Waals surface area (Å²) in [4.78, 5) is 14.5. The van der Waals surface area contributed by atoms with Crippen molar-refractivity contribution in [3.8, 4) is 5.75 Å². The average Bonchev–Trinajstić information content (AvgIpc) is 2.82. The van der Waals surface area contributed by atoms with E-state index in [0.29, 0.717) is 24.3 Å². The zero-order valence-electron chi connectivity index (χ0n) is 23.0. The predicted molar refractivity (Wildman–Crippen MR) is 151 cm³/mol. The van der Waals surface area contributed by atoms with Crippen LogP contribution in [0.4, 0.5) is 4.79 Å².